The molecule has 1 aliphatic carbocycles. The first-order valence-corrected chi connectivity index (χ1v) is 6.69. The van der Waals surface area contributed by atoms with Gasteiger partial charge in [-0.05, 0) is 44.6 Å². The molecule has 100 valence electrons. The second-order valence-electron chi connectivity index (χ2n) is 5.68. The molecule has 1 saturated carbocycles. The summed E-state index contributed by atoms with van der Waals surface area (Å²) in [6, 6.07) is 7.09. The second-order valence-corrected chi connectivity index (χ2v) is 5.68. The summed E-state index contributed by atoms with van der Waals surface area (Å²) in [5, 5.41) is 20.6. The molecule has 0 heterocycles. The summed E-state index contributed by atoms with van der Waals surface area (Å²) in [5.41, 5.74) is 0.0652. The Labute approximate surface area is 109 Å². The van der Waals surface area contributed by atoms with Crippen LogP contribution in [0, 0.1) is 5.92 Å². The fraction of sp³-hybridized carbons (Fsp3) is 0.600. The van der Waals surface area contributed by atoms with Crippen molar-refractivity contribution < 1.29 is 10.2 Å². The first-order chi connectivity index (χ1) is 8.52. The van der Waals surface area contributed by atoms with E-state index in [9.17, 15) is 10.2 Å². The van der Waals surface area contributed by atoms with Gasteiger partial charge in [-0.15, -0.1) is 0 Å². The van der Waals surface area contributed by atoms with Crippen molar-refractivity contribution in [2.24, 2.45) is 5.92 Å². The Morgan fingerprint density at radius 2 is 2.11 bits per heavy atom. The molecule has 1 unspecified atom stereocenters. The number of benzene rings is 1. The maximum atomic E-state index is 11.0. The van der Waals surface area contributed by atoms with E-state index in [0.717, 1.165) is 31.4 Å². The number of aromatic hydroxyl groups is 1. The second kappa shape index (κ2) is 5.29. The largest absolute Gasteiger partial charge is 0.508 e. The van der Waals surface area contributed by atoms with E-state index in [0.29, 0.717) is 0 Å². The van der Waals surface area contributed by atoms with Crippen molar-refractivity contribution in [3.63, 3.8) is 0 Å². The summed E-state index contributed by atoms with van der Waals surface area (Å²) in [4.78, 5) is 2.13. The molecule has 0 radical (unpaired) electrons. The summed E-state index contributed by atoms with van der Waals surface area (Å²) in [5.74, 6) is 0.471. The maximum Gasteiger partial charge on any atom is 0.115 e. The van der Waals surface area contributed by atoms with Crippen LogP contribution < -0.4 is 0 Å². The van der Waals surface area contributed by atoms with E-state index in [2.05, 4.69) is 4.90 Å². The number of rotatable bonds is 3. The van der Waals surface area contributed by atoms with E-state index in [4.69, 9.17) is 0 Å². The highest BCUT2D eigenvalue weighted by Gasteiger charge is 2.40. The molecule has 3 nitrogen and oxygen atoms in total. The van der Waals surface area contributed by atoms with Crippen molar-refractivity contribution in [2.75, 3.05) is 20.6 Å². The number of phenols is 1. The van der Waals surface area contributed by atoms with E-state index in [1.165, 1.54) is 6.42 Å². The highest BCUT2D eigenvalue weighted by atomic mass is 16.3. The molecular formula is C15H23NO2. The molecule has 1 fully saturated rings. The van der Waals surface area contributed by atoms with Gasteiger partial charge in [0.2, 0.25) is 0 Å². The monoisotopic (exact) mass is 249 g/mol. The summed E-state index contributed by atoms with van der Waals surface area (Å²) < 4.78 is 0. The molecular weight excluding hydrogens is 226 g/mol. The molecule has 1 aliphatic rings. The normalized spacial score (nSPS) is 28.6. The zero-order valence-electron chi connectivity index (χ0n) is 11.3. The quantitative estimate of drug-likeness (QED) is 0.864. The first-order valence-electron chi connectivity index (χ1n) is 6.69. The molecule has 0 aromatic heterocycles. The molecule has 2 N–H and O–H groups in total. The standard InChI is InChI=1S/C15H23NO2/c1-16(2)11-13-6-3-4-9-15(13,18)12-7-5-8-14(17)10-12/h5,7-8,10,13,17-18H,3-4,6,9,11H2,1-2H3/t13?,15-/m0/s1. The van der Waals surface area contributed by atoms with Gasteiger partial charge < -0.3 is 15.1 Å². The average molecular weight is 249 g/mol. The zero-order valence-corrected chi connectivity index (χ0v) is 11.3. The molecule has 2 atom stereocenters. The Balaban J connectivity index is 2.29. The van der Waals surface area contributed by atoms with Gasteiger partial charge in [-0.3, -0.25) is 0 Å². The summed E-state index contributed by atoms with van der Waals surface area (Å²) in [7, 11) is 4.08. The molecule has 1 aromatic carbocycles. The van der Waals surface area contributed by atoms with Crippen molar-refractivity contribution >= 4 is 0 Å². The van der Waals surface area contributed by atoms with Crippen LogP contribution in [0.15, 0.2) is 24.3 Å². The lowest BCUT2D eigenvalue weighted by Gasteiger charge is -2.41. The Hall–Kier alpha value is -1.06. The minimum absolute atomic E-state index is 0.232. The highest BCUT2D eigenvalue weighted by molar-refractivity contribution is 5.32. The Bertz CT molecular complexity index is 405. The van der Waals surface area contributed by atoms with E-state index in [-0.39, 0.29) is 11.7 Å². The average Bonchev–Trinajstić information content (AvgIpc) is 2.32. The smallest absolute Gasteiger partial charge is 0.115 e. The van der Waals surface area contributed by atoms with Crippen LogP contribution in [0.2, 0.25) is 0 Å². The van der Waals surface area contributed by atoms with Crippen LogP contribution in [0.25, 0.3) is 0 Å². The minimum Gasteiger partial charge on any atom is -0.508 e. The van der Waals surface area contributed by atoms with Gasteiger partial charge in [0.15, 0.2) is 0 Å². The van der Waals surface area contributed by atoms with Crippen molar-refractivity contribution in [3.8, 4) is 5.75 Å². The molecule has 0 amide bonds. The van der Waals surface area contributed by atoms with Crippen molar-refractivity contribution in [2.45, 2.75) is 31.3 Å². The van der Waals surface area contributed by atoms with Gasteiger partial charge >= 0.3 is 0 Å². The molecule has 1 aromatic rings. The van der Waals surface area contributed by atoms with Crippen molar-refractivity contribution in [1.82, 2.24) is 4.90 Å². The predicted molar refractivity (Wildman–Crippen MR) is 72.5 cm³/mol. The topological polar surface area (TPSA) is 43.7 Å². The molecule has 0 saturated heterocycles. The Morgan fingerprint density at radius 3 is 2.78 bits per heavy atom. The van der Waals surface area contributed by atoms with Gasteiger partial charge in [0.05, 0.1) is 5.60 Å². The maximum absolute atomic E-state index is 11.0. The fourth-order valence-electron chi connectivity index (χ4n) is 3.07. The van der Waals surface area contributed by atoms with E-state index in [1.807, 2.05) is 26.2 Å². The van der Waals surface area contributed by atoms with Crippen LogP contribution in [0.4, 0.5) is 0 Å². The first kappa shape index (κ1) is 13.4. The number of hydrogen-bond donors (Lipinski definition) is 2. The molecule has 0 bridgehead atoms. The van der Waals surface area contributed by atoms with E-state index in [1.54, 1.807) is 12.1 Å². The van der Waals surface area contributed by atoms with E-state index < -0.39 is 5.60 Å². The lowest BCUT2D eigenvalue weighted by molar-refractivity contribution is -0.0619. The Kier molecular flexibility index (Phi) is 3.93. The van der Waals surface area contributed by atoms with Crippen LogP contribution in [0.5, 0.6) is 5.75 Å². The lowest BCUT2D eigenvalue weighted by atomic mass is 9.71. The molecule has 2 rings (SSSR count). The molecule has 18 heavy (non-hydrogen) atoms. The van der Waals surface area contributed by atoms with Crippen molar-refractivity contribution in [1.29, 1.82) is 0 Å². The number of phenolic OH excluding ortho intramolecular Hbond substituents is 1. The lowest BCUT2D eigenvalue weighted by Crippen LogP contribution is -2.43. The Morgan fingerprint density at radius 1 is 1.33 bits per heavy atom. The van der Waals surface area contributed by atoms with Crippen LogP contribution in [-0.2, 0) is 5.60 Å². The van der Waals surface area contributed by atoms with Gasteiger partial charge in [0.25, 0.3) is 0 Å². The third-order valence-electron chi connectivity index (χ3n) is 3.97. The summed E-state index contributed by atoms with van der Waals surface area (Å²) in [6.07, 6.45) is 4.06. The summed E-state index contributed by atoms with van der Waals surface area (Å²) >= 11 is 0. The van der Waals surface area contributed by atoms with E-state index >= 15 is 0 Å². The van der Waals surface area contributed by atoms with Gasteiger partial charge in [-0.25, -0.2) is 0 Å². The predicted octanol–water partition coefficient (Wildman–Crippen LogP) is 2.33. The van der Waals surface area contributed by atoms with Crippen LogP contribution in [-0.4, -0.2) is 35.8 Å². The number of nitrogens with zero attached hydrogens (tertiary/aromatic N) is 1. The molecule has 0 spiro atoms. The number of hydrogen-bond acceptors (Lipinski definition) is 3. The van der Waals surface area contributed by atoms with Gasteiger partial charge in [0.1, 0.15) is 5.75 Å². The third-order valence-corrected chi connectivity index (χ3v) is 3.97. The zero-order chi connectivity index (χ0) is 13.2. The van der Waals surface area contributed by atoms with Crippen LogP contribution in [0.3, 0.4) is 0 Å². The van der Waals surface area contributed by atoms with Crippen LogP contribution >= 0.6 is 0 Å². The highest BCUT2D eigenvalue weighted by Crippen LogP contribution is 2.42. The minimum atomic E-state index is -0.790. The molecule has 0 aliphatic heterocycles. The van der Waals surface area contributed by atoms with Crippen molar-refractivity contribution in [3.05, 3.63) is 29.8 Å². The SMILES string of the molecule is CN(C)CC1CCCC[C@]1(O)c1cccc(O)c1. The van der Waals surface area contributed by atoms with Gasteiger partial charge in [-0.2, -0.15) is 0 Å². The molecule has 3 heteroatoms. The fourth-order valence-corrected chi connectivity index (χ4v) is 3.07. The number of aliphatic hydroxyl groups is 1. The summed E-state index contributed by atoms with van der Waals surface area (Å²) in [6.45, 7) is 0.881. The van der Waals surface area contributed by atoms with Gasteiger partial charge in [0, 0.05) is 12.5 Å². The third kappa shape index (κ3) is 2.68. The van der Waals surface area contributed by atoms with Crippen LogP contribution in [0.1, 0.15) is 31.2 Å². The van der Waals surface area contributed by atoms with Gasteiger partial charge in [-0.1, -0.05) is 25.0 Å².